The topological polar surface area (TPSA) is 117 Å². The number of amides is 1. The smallest absolute Gasteiger partial charge is 0.378 e. The van der Waals surface area contributed by atoms with Crippen LogP contribution >= 0.6 is 0 Å². The molecule has 2 aromatic heterocycles. The summed E-state index contributed by atoms with van der Waals surface area (Å²) in [6.45, 7) is 3.87. The highest BCUT2D eigenvalue weighted by atomic mass is 19.4. The summed E-state index contributed by atoms with van der Waals surface area (Å²) < 4.78 is 54.8. The van der Waals surface area contributed by atoms with E-state index in [2.05, 4.69) is 20.6 Å². The standard InChI is InChI=1S/C26H30F3N7O3/c27-26(28,29)20-13-18(15-32-25(20)39-10-4-17-1-5-31-6-2-17)23-19-3-7-36(24(19)34-21(14-30)33-23)16-22(37)35-8-11-38-12-9-35/h3,7,13,15,17,25,31-32H,1-2,4-6,8-12,16H2. The lowest BCUT2D eigenvalue weighted by molar-refractivity contribution is -0.135. The molecular weight excluding hydrogens is 515 g/mol. The predicted octanol–water partition coefficient (Wildman–Crippen LogP) is 2.33. The van der Waals surface area contributed by atoms with E-state index in [1.807, 2.05) is 6.07 Å². The van der Waals surface area contributed by atoms with E-state index < -0.39 is 18.0 Å². The van der Waals surface area contributed by atoms with Gasteiger partial charge in [0.15, 0.2) is 6.23 Å². The molecule has 1 unspecified atom stereocenters. The van der Waals surface area contributed by atoms with Crippen molar-refractivity contribution >= 4 is 22.5 Å². The van der Waals surface area contributed by atoms with E-state index in [1.165, 1.54) is 6.20 Å². The number of aromatic nitrogens is 3. The molecule has 0 spiro atoms. The molecule has 0 radical (unpaired) electrons. The number of morpholine rings is 1. The number of hydrogen-bond acceptors (Lipinski definition) is 8. The van der Waals surface area contributed by atoms with E-state index in [1.54, 1.807) is 21.7 Å². The second-order valence-corrected chi connectivity index (χ2v) is 9.78. The minimum Gasteiger partial charge on any atom is -0.378 e. The fourth-order valence-corrected chi connectivity index (χ4v) is 5.09. The van der Waals surface area contributed by atoms with Gasteiger partial charge in [-0.2, -0.15) is 18.4 Å². The SMILES string of the molecule is N#Cc1nc(C2=CNC(OCCC3CCNCC3)C(C(F)(F)F)=C2)c2ccn(CC(=O)N3CCOCC3)c2n1. The molecule has 5 rings (SSSR count). The number of nitriles is 1. The molecule has 2 aromatic rings. The van der Waals surface area contributed by atoms with Crippen LogP contribution in [0.1, 0.15) is 30.8 Å². The van der Waals surface area contributed by atoms with Crippen LogP contribution in [-0.2, 0) is 20.8 Å². The van der Waals surface area contributed by atoms with Crippen LogP contribution in [0.5, 0.6) is 0 Å². The first-order chi connectivity index (χ1) is 18.8. The van der Waals surface area contributed by atoms with Gasteiger partial charge < -0.3 is 29.6 Å². The van der Waals surface area contributed by atoms with Gasteiger partial charge in [-0.25, -0.2) is 9.97 Å². The Bertz CT molecular complexity index is 1300. The number of allylic oxidation sites excluding steroid dienone is 2. The normalized spacial score (nSPS) is 20.8. The van der Waals surface area contributed by atoms with Gasteiger partial charge in [0.25, 0.3) is 0 Å². The van der Waals surface area contributed by atoms with E-state index >= 15 is 0 Å². The maximum Gasteiger partial charge on any atom is 0.417 e. The lowest BCUT2D eigenvalue weighted by Gasteiger charge is -2.28. The van der Waals surface area contributed by atoms with Crippen LogP contribution in [0.3, 0.4) is 0 Å². The number of halogens is 3. The second-order valence-electron chi connectivity index (χ2n) is 9.78. The zero-order valence-corrected chi connectivity index (χ0v) is 21.3. The minimum atomic E-state index is -4.65. The third-order valence-electron chi connectivity index (χ3n) is 7.24. The average molecular weight is 546 g/mol. The number of nitrogens with zero attached hydrogens (tertiary/aromatic N) is 5. The van der Waals surface area contributed by atoms with Crippen molar-refractivity contribution < 1.29 is 27.4 Å². The van der Waals surface area contributed by atoms with Gasteiger partial charge in [0.1, 0.15) is 18.3 Å². The maximum atomic E-state index is 14.1. The first-order valence-electron chi connectivity index (χ1n) is 13.0. The van der Waals surface area contributed by atoms with Crippen LogP contribution in [-0.4, -0.2) is 83.7 Å². The fourth-order valence-electron chi connectivity index (χ4n) is 5.09. The Hall–Kier alpha value is -3.47. The lowest BCUT2D eigenvalue weighted by Crippen LogP contribution is -2.42. The molecule has 0 aliphatic carbocycles. The Labute approximate surface area is 223 Å². The minimum absolute atomic E-state index is 0.0290. The summed E-state index contributed by atoms with van der Waals surface area (Å²) in [5, 5.41) is 16.0. The van der Waals surface area contributed by atoms with Crippen LogP contribution < -0.4 is 10.6 Å². The largest absolute Gasteiger partial charge is 0.417 e. The number of piperidine rings is 1. The average Bonchev–Trinajstić information content (AvgIpc) is 3.35. The highest BCUT2D eigenvalue weighted by molar-refractivity contribution is 5.93. The van der Waals surface area contributed by atoms with Crippen molar-refractivity contribution in [3.8, 4) is 6.07 Å². The molecule has 3 aliphatic heterocycles. The van der Waals surface area contributed by atoms with E-state index in [-0.39, 0.29) is 36.2 Å². The fraction of sp³-hybridized carbons (Fsp3) is 0.538. The van der Waals surface area contributed by atoms with Gasteiger partial charge in [-0.3, -0.25) is 4.79 Å². The van der Waals surface area contributed by atoms with Gasteiger partial charge in [-0.15, -0.1) is 0 Å². The zero-order valence-electron chi connectivity index (χ0n) is 21.3. The Morgan fingerprint density at radius 2 is 2.00 bits per heavy atom. The van der Waals surface area contributed by atoms with Crippen molar-refractivity contribution in [2.24, 2.45) is 5.92 Å². The van der Waals surface area contributed by atoms with Crippen molar-refractivity contribution in [1.29, 1.82) is 5.26 Å². The number of fused-ring (bicyclic) bond motifs is 1. The molecule has 5 heterocycles. The molecule has 2 saturated heterocycles. The van der Waals surface area contributed by atoms with Gasteiger partial charge in [-0.05, 0) is 50.4 Å². The molecule has 10 nitrogen and oxygen atoms in total. The lowest BCUT2D eigenvalue weighted by atomic mass is 9.95. The van der Waals surface area contributed by atoms with E-state index in [9.17, 15) is 23.2 Å². The Kier molecular flexibility index (Phi) is 8.15. The Balaban J connectivity index is 1.38. The number of carbonyl (C=O) groups is 1. The number of hydrogen-bond donors (Lipinski definition) is 2. The number of nitrogens with one attached hydrogen (secondary N) is 2. The van der Waals surface area contributed by atoms with Crippen molar-refractivity contribution in [3.63, 3.8) is 0 Å². The Morgan fingerprint density at radius 3 is 2.72 bits per heavy atom. The molecular formula is C26H30F3N7O3. The molecule has 1 atom stereocenters. The van der Waals surface area contributed by atoms with Crippen LogP contribution in [0.25, 0.3) is 16.6 Å². The molecule has 13 heteroatoms. The summed E-state index contributed by atoms with van der Waals surface area (Å²) in [6.07, 6.45) is 0.711. The van der Waals surface area contributed by atoms with Crippen molar-refractivity contribution in [3.05, 3.63) is 41.6 Å². The summed E-state index contributed by atoms with van der Waals surface area (Å²) in [6, 6.07) is 3.52. The van der Waals surface area contributed by atoms with Crippen LogP contribution in [0.4, 0.5) is 13.2 Å². The number of alkyl halides is 3. The third-order valence-corrected chi connectivity index (χ3v) is 7.24. The van der Waals surface area contributed by atoms with Gasteiger partial charge in [0.05, 0.1) is 24.5 Å². The van der Waals surface area contributed by atoms with Gasteiger partial charge in [0.2, 0.25) is 11.7 Å². The highest BCUT2D eigenvalue weighted by Crippen LogP contribution is 2.35. The summed E-state index contributed by atoms with van der Waals surface area (Å²) in [4.78, 5) is 23.0. The molecule has 2 N–H and O–H groups in total. The molecule has 0 bridgehead atoms. The summed E-state index contributed by atoms with van der Waals surface area (Å²) in [5.74, 6) is 0.0772. The molecule has 208 valence electrons. The number of rotatable bonds is 7. The number of carbonyl (C=O) groups excluding carboxylic acids is 1. The predicted molar refractivity (Wildman–Crippen MR) is 135 cm³/mol. The maximum absolute atomic E-state index is 14.1. The molecule has 1 amide bonds. The zero-order chi connectivity index (χ0) is 27.4. The number of ether oxygens (including phenoxy) is 2. The van der Waals surface area contributed by atoms with Crippen LogP contribution in [0, 0.1) is 17.2 Å². The molecule has 0 aromatic carbocycles. The van der Waals surface area contributed by atoms with E-state index in [0.29, 0.717) is 49.7 Å². The molecule has 0 saturated carbocycles. The molecule has 2 fully saturated rings. The van der Waals surface area contributed by atoms with Crippen LogP contribution in [0.2, 0.25) is 0 Å². The molecule has 39 heavy (non-hydrogen) atoms. The highest BCUT2D eigenvalue weighted by Gasteiger charge is 2.41. The number of dihydropyridines is 1. The Morgan fingerprint density at radius 1 is 1.23 bits per heavy atom. The van der Waals surface area contributed by atoms with Gasteiger partial charge >= 0.3 is 6.18 Å². The first-order valence-corrected chi connectivity index (χ1v) is 13.0. The summed E-state index contributed by atoms with van der Waals surface area (Å²) in [7, 11) is 0. The summed E-state index contributed by atoms with van der Waals surface area (Å²) >= 11 is 0. The molecule has 3 aliphatic rings. The monoisotopic (exact) mass is 545 g/mol. The van der Waals surface area contributed by atoms with Crippen molar-refractivity contribution in [1.82, 2.24) is 30.1 Å². The van der Waals surface area contributed by atoms with E-state index in [4.69, 9.17) is 9.47 Å². The van der Waals surface area contributed by atoms with E-state index in [0.717, 1.165) is 32.0 Å². The van der Waals surface area contributed by atoms with Crippen LogP contribution in [0.15, 0.2) is 30.1 Å². The van der Waals surface area contributed by atoms with Crippen molar-refractivity contribution in [2.75, 3.05) is 46.0 Å². The first kappa shape index (κ1) is 27.1. The van der Waals surface area contributed by atoms with Gasteiger partial charge in [-0.1, -0.05) is 0 Å². The summed E-state index contributed by atoms with van der Waals surface area (Å²) in [5.41, 5.74) is -0.280. The third kappa shape index (κ3) is 6.24. The quantitative estimate of drug-likeness (QED) is 0.545. The second kappa shape index (κ2) is 11.7. The van der Waals surface area contributed by atoms with Crippen molar-refractivity contribution in [2.45, 2.75) is 38.2 Å². The van der Waals surface area contributed by atoms with Gasteiger partial charge in [0, 0.05) is 43.1 Å².